The number of allylic oxidation sites excluding steroid dienone is 1. The minimum atomic E-state index is -1.15. The molecule has 5 heteroatoms. The van der Waals surface area contributed by atoms with Gasteiger partial charge in [0.25, 0.3) is 0 Å². The highest BCUT2D eigenvalue weighted by Gasteiger charge is 2.09. The Morgan fingerprint density at radius 1 is 1.50 bits per heavy atom. The van der Waals surface area contributed by atoms with Gasteiger partial charge < -0.3 is 0 Å². The van der Waals surface area contributed by atoms with Gasteiger partial charge in [0.15, 0.2) is 9.99 Å². The average Bonchev–Trinajstić information content (AvgIpc) is 2.59. The molecule has 2 rings (SSSR count). The average molecular weight is 252 g/mol. The van der Waals surface area contributed by atoms with Gasteiger partial charge in [0.1, 0.15) is 10.8 Å². The zero-order chi connectivity index (χ0) is 11.7. The summed E-state index contributed by atoms with van der Waals surface area (Å²) in [5.74, 6) is 0. The first-order chi connectivity index (χ1) is 7.56. The molecule has 0 saturated carbocycles. The van der Waals surface area contributed by atoms with Crippen LogP contribution in [-0.4, -0.2) is 14.2 Å². The van der Waals surface area contributed by atoms with E-state index in [1.54, 1.807) is 11.6 Å². The molecule has 16 heavy (non-hydrogen) atoms. The van der Waals surface area contributed by atoms with E-state index in [9.17, 15) is 4.21 Å². The van der Waals surface area contributed by atoms with Crippen molar-refractivity contribution in [3.05, 3.63) is 28.8 Å². The van der Waals surface area contributed by atoms with Crippen LogP contribution >= 0.6 is 11.3 Å². The molecule has 0 unspecified atom stereocenters. The minimum absolute atomic E-state index is 0.620. The molecule has 0 aliphatic heterocycles. The maximum absolute atomic E-state index is 11.9. The molecule has 2 heterocycles. The molecule has 2 aromatic heterocycles. The Bertz CT molecular complexity index is 583. The van der Waals surface area contributed by atoms with Crippen molar-refractivity contribution in [2.75, 3.05) is 0 Å². The van der Waals surface area contributed by atoms with E-state index in [0.717, 1.165) is 15.8 Å². The van der Waals surface area contributed by atoms with E-state index in [0.29, 0.717) is 9.99 Å². The second-order valence-corrected chi connectivity index (χ2v) is 6.31. The first-order valence-corrected chi connectivity index (χ1v) is 6.88. The van der Waals surface area contributed by atoms with Gasteiger partial charge in [-0.15, -0.1) is 11.3 Å². The molecular weight excluding hydrogens is 240 g/mol. The fourth-order valence-electron chi connectivity index (χ4n) is 1.25. The van der Waals surface area contributed by atoms with Crippen LogP contribution in [0, 0.1) is 6.92 Å². The third kappa shape index (κ3) is 2.36. The molecule has 0 N–H and O–H groups in total. The predicted octanol–water partition coefficient (Wildman–Crippen LogP) is 3.03. The first-order valence-electron chi connectivity index (χ1n) is 4.85. The number of aryl methyl sites for hydroxylation is 1. The van der Waals surface area contributed by atoms with Gasteiger partial charge in [0.2, 0.25) is 0 Å². The summed E-state index contributed by atoms with van der Waals surface area (Å²) in [6.07, 6.45) is 1.77. The molecule has 0 radical (unpaired) electrons. The fourth-order valence-corrected chi connectivity index (χ4v) is 3.45. The number of pyridine rings is 1. The Morgan fingerprint density at radius 3 is 2.94 bits per heavy atom. The minimum Gasteiger partial charge on any atom is -0.247 e. The van der Waals surface area contributed by atoms with E-state index in [-0.39, 0.29) is 0 Å². The highest BCUT2D eigenvalue weighted by atomic mass is 32.2. The maximum Gasteiger partial charge on any atom is 0.187 e. The Kier molecular flexibility index (Phi) is 3.16. The Labute approximate surface area is 101 Å². The van der Waals surface area contributed by atoms with E-state index in [2.05, 4.69) is 9.97 Å². The van der Waals surface area contributed by atoms with Gasteiger partial charge in [-0.05, 0) is 32.4 Å². The number of rotatable bonds is 2. The van der Waals surface area contributed by atoms with Crippen LogP contribution in [0.15, 0.2) is 27.6 Å². The van der Waals surface area contributed by atoms with Crippen molar-refractivity contribution in [3.8, 4) is 0 Å². The van der Waals surface area contributed by atoms with E-state index in [1.165, 1.54) is 11.3 Å². The van der Waals surface area contributed by atoms with Crippen LogP contribution in [0.2, 0.25) is 0 Å². The third-order valence-electron chi connectivity index (χ3n) is 1.88. The molecule has 0 fully saturated rings. The second-order valence-electron chi connectivity index (χ2n) is 3.81. The normalized spacial score (nSPS) is 12.7. The SMILES string of the molecule is CC(C)=C[S@](=O)c1nc2ncc(C)cc2s1. The van der Waals surface area contributed by atoms with Crippen molar-refractivity contribution < 1.29 is 4.21 Å². The van der Waals surface area contributed by atoms with Crippen molar-refractivity contribution in [2.45, 2.75) is 25.1 Å². The summed E-state index contributed by atoms with van der Waals surface area (Å²) < 4.78 is 13.5. The van der Waals surface area contributed by atoms with Crippen LogP contribution in [0.25, 0.3) is 10.3 Å². The second kappa shape index (κ2) is 4.43. The van der Waals surface area contributed by atoms with Gasteiger partial charge in [-0.2, -0.15) is 0 Å². The summed E-state index contributed by atoms with van der Waals surface area (Å²) in [7, 11) is -1.15. The maximum atomic E-state index is 11.9. The van der Waals surface area contributed by atoms with Crippen molar-refractivity contribution >= 4 is 32.5 Å². The standard InChI is InChI=1S/C11H12N2OS2/c1-7(2)6-16(14)11-13-10-9(15-11)4-8(3)5-12-10/h4-6H,1-3H3/t16-/m0/s1. The lowest BCUT2D eigenvalue weighted by Gasteiger charge is -1.89. The van der Waals surface area contributed by atoms with E-state index in [4.69, 9.17) is 0 Å². The molecule has 3 nitrogen and oxygen atoms in total. The van der Waals surface area contributed by atoms with Crippen molar-refractivity contribution in [2.24, 2.45) is 0 Å². The molecule has 0 spiro atoms. The van der Waals surface area contributed by atoms with Crippen LogP contribution < -0.4 is 0 Å². The summed E-state index contributed by atoms with van der Waals surface area (Å²) in [5.41, 5.74) is 2.80. The topological polar surface area (TPSA) is 42.9 Å². The van der Waals surface area contributed by atoms with E-state index in [1.807, 2.05) is 26.8 Å². The van der Waals surface area contributed by atoms with Crippen LogP contribution in [0.3, 0.4) is 0 Å². The van der Waals surface area contributed by atoms with Crippen LogP contribution in [0.5, 0.6) is 0 Å². The summed E-state index contributed by atoms with van der Waals surface area (Å²) in [6.45, 7) is 5.83. The molecule has 0 amide bonds. The number of hydrogen-bond acceptors (Lipinski definition) is 4. The van der Waals surface area contributed by atoms with Gasteiger partial charge in [-0.25, -0.2) is 14.2 Å². The largest absolute Gasteiger partial charge is 0.247 e. The lowest BCUT2D eigenvalue weighted by molar-refractivity contribution is 0.687. The van der Waals surface area contributed by atoms with Gasteiger partial charge in [0.05, 0.1) is 4.70 Å². The molecule has 0 aromatic carbocycles. The van der Waals surface area contributed by atoms with Crippen molar-refractivity contribution in [1.29, 1.82) is 0 Å². The number of nitrogens with zero attached hydrogens (tertiary/aromatic N) is 2. The van der Waals surface area contributed by atoms with E-state index < -0.39 is 10.8 Å². The molecule has 2 aromatic rings. The Morgan fingerprint density at radius 2 is 2.25 bits per heavy atom. The molecule has 0 aliphatic carbocycles. The number of aromatic nitrogens is 2. The van der Waals surface area contributed by atoms with Gasteiger partial charge in [-0.3, -0.25) is 0 Å². The smallest absolute Gasteiger partial charge is 0.187 e. The summed E-state index contributed by atoms with van der Waals surface area (Å²) >= 11 is 1.44. The predicted molar refractivity (Wildman–Crippen MR) is 68.0 cm³/mol. The highest BCUT2D eigenvalue weighted by Crippen LogP contribution is 2.24. The molecule has 1 atom stereocenters. The van der Waals surface area contributed by atoms with Crippen molar-refractivity contribution in [1.82, 2.24) is 9.97 Å². The molecule has 0 bridgehead atoms. The van der Waals surface area contributed by atoms with Crippen LogP contribution in [0.4, 0.5) is 0 Å². The molecule has 0 aliphatic rings. The van der Waals surface area contributed by atoms with Crippen molar-refractivity contribution in [3.63, 3.8) is 0 Å². The monoisotopic (exact) mass is 252 g/mol. The number of hydrogen-bond donors (Lipinski definition) is 0. The molecule has 84 valence electrons. The Balaban J connectivity index is 2.47. The lowest BCUT2D eigenvalue weighted by atomic mass is 10.3. The van der Waals surface area contributed by atoms with Crippen LogP contribution in [-0.2, 0) is 10.8 Å². The van der Waals surface area contributed by atoms with Gasteiger partial charge >= 0.3 is 0 Å². The quantitative estimate of drug-likeness (QED) is 0.825. The number of thiazole rings is 1. The van der Waals surface area contributed by atoms with Gasteiger partial charge in [0, 0.05) is 11.6 Å². The Hall–Kier alpha value is -1.07. The zero-order valence-electron chi connectivity index (χ0n) is 9.35. The molecular formula is C11H12N2OS2. The third-order valence-corrected chi connectivity index (χ3v) is 4.53. The summed E-state index contributed by atoms with van der Waals surface area (Å²) in [4.78, 5) is 8.48. The fraction of sp³-hybridized carbons (Fsp3) is 0.273. The van der Waals surface area contributed by atoms with Crippen LogP contribution in [0.1, 0.15) is 19.4 Å². The first kappa shape index (κ1) is 11.4. The number of fused-ring (bicyclic) bond motifs is 1. The highest BCUT2D eigenvalue weighted by molar-refractivity contribution is 7.90. The van der Waals surface area contributed by atoms with Gasteiger partial charge in [-0.1, -0.05) is 5.57 Å². The van der Waals surface area contributed by atoms with E-state index >= 15 is 0 Å². The molecule has 0 saturated heterocycles. The summed E-state index contributed by atoms with van der Waals surface area (Å²) in [5, 5.41) is 1.71. The zero-order valence-corrected chi connectivity index (χ0v) is 11.0. The summed E-state index contributed by atoms with van der Waals surface area (Å²) in [6, 6.07) is 2.02. The lowest BCUT2D eigenvalue weighted by Crippen LogP contribution is -1.86.